The minimum atomic E-state index is -0.622. The molecule has 1 aromatic rings. The van der Waals surface area contributed by atoms with Crippen molar-refractivity contribution in [1.82, 2.24) is 5.32 Å². The summed E-state index contributed by atoms with van der Waals surface area (Å²) in [6, 6.07) is 5.41. The first kappa shape index (κ1) is 13.1. The molecule has 2 fully saturated rings. The molecular weight excluding hydrogens is 234 g/mol. The summed E-state index contributed by atoms with van der Waals surface area (Å²) in [5.74, 6) is 0. The molecule has 19 heavy (non-hydrogen) atoms. The monoisotopic (exact) mass is 259 g/mol. The third-order valence-electron chi connectivity index (χ3n) is 4.89. The average Bonchev–Trinajstić information content (AvgIpc) is 2.25. The van der Waals surface area contributed by atoms with Crippen molar-refractivity contribution in [2.24, 2.45) is 0 Å². The molecule has 2 heterocycles. The first-order valence-corrected chi connectivity index (χ1v) is 7.55. The molecule has 104 valence electrons. The Morgan fingerprint density at radius 3 is 2.11 bits per heavy atom. The molecule has 2 aliphatic rings. The minimum absolute atomic E-state index is 0.498. The fraction of sp³-hybridized carbons (Fsp3) is 0.647. The van der Waals surface area contributed by atoms with Gasteiger partial charge in [-0.1, -0.05) is 24.1 Å². The van der Waals surface area contributed by atoms with Crippen LogP contribution in [0.4, 0.5) is 0 Å². The van der Waals surface area contributed by atoms with Crippen molar-refractivity contribution >= 4 is 0 Å². The first-order valence-electron chi connectivity index (χ1n) is 7.55. The van der Waals surface area contributed by atoms with Crippen molar-refractivity contribution in [2.45, 2.75) is 70.6 Å². The summed E-state index contributed by atoms with van der Waals surface area (Å²) >= 11 is 0. The zero-order valence-electron chi connectivity index (χ0n) is 12.3. The molecule has 0 amide bonds. The Hall–Kier alpha value is -0.860. The summed E-state index contributed by atoms with van der Waals surface area (Å²) in [5, 5.41) is 14.9. The third-order valence-corrected chi connectivity index (χ3v) is 4.89. The number of rotatable bonds is 1. The first-order chi connectivity index (χ1) is 8.98. The van der Waals surface area contributed by atoms with Gasteiger partial charge in [0, 0.05) is 12.1 Å². The largest absolute Gasteiger partial charge is 0.385 e. The van der Waals surface area contributed by atoms with E-state index in [0.717, 1.165) is 12.8 Å². The van der Waals surface area contributed by atoms with Crippen molar-refractivity contribution in [2.75, 3.05) is 0 Å². The fourth-order valence-corrected chi connectivity index (χ4v) is 4.45. The van der Waals surface area contributed by atoms with Crippen LogP contribution in [0.5, 0.6) is 0 Å². The Labute approximate surface area is 116 Å². The molecule has 2 nitrogen and oxygen atoms in total. The van der Waals surface area contributed by atoms with Crippen LogP contribution in [0.3, 0.4) is 0 Å². The van der Waals surface area contributed by atoms with E-state index in [0.29, 0.717) is 12.1 Å². The highest BCUT2D eigenvalue weighted by Gasteiger charge is 2.43. The molecule has 2 atom stereocenters. The van der Waals surface area contributed by atoms with Crippen LogP contribution in [-0.2, 0) is 5.60 Å². The van der Waals surface area contributed by atoms with Gasteiger partial charge in [-0.2, -0.15) is 0 Å². The van der Waals surface area contributed by atoms with Crippen LogP contribution < -0.4 is 5.32 Å². The smallest absolute Gasteiger partial charge is 0.0931 e. The summed E-state index contributed by atoms with van der Waals surface area (Å²) in [6.07, 6.45) is 5.47. The number of hydrogen-bond acceptors (Lipinski definition) is 2. The molecule has 0 aliphatic carbocycles. The highest BCUT2D eigenvalue weighted by molar-refractivity contribution is 5.42. The number of aryl methyl sites for hydroxylation is 3. The van der Waals surface area contributed by atoms with Crippen LogP contribution in [0.15, 0.2) is 12.1 Å². The average molecular weight is 259 g/mol. The van der Waals surface area contributed by atoms with Crippen LogP contribution in [0.1, 0.15) is 54.4 Å². The Kier molecular flexibility index (Phi) is 3.18. The van der Waals surface area contributed by atoms with E-state index in [1.807, 2.05) is 0 Å². The summed E-state index contributed by atoms with van der Waals surface area (Å²) in [7, 11) is 0. The van der Waals surface area contributed by atoms with Crippen LogP contribution in [-0.4, -0.2) is 17.2 Å². The van der Waals surface area contributed by atoms with Gasteiger partial charge in [-0.15, -0.1) is 0 Å². The summed E-state index contributed by atoms with van der Waals surface area (Å²) < 4.78 is 0. The number of nitrogens with one attached hydrogen (secondary N) is 1. The number of piperidine rings is 2. The number of benzene rings is 1. The predicted molar refractivity (Wildman–Crippen MR) is 78.3 cm³/mol. The highest BCUT2D eigenvalue weighted by atomic mass is 16.3. The molecule has 2 N–H and O–H groups in total. The fourth-order valence-electron chi connectivity index (χ4n) is 4.45. The third kappa shape index (κ3) is 2.32. The van der Waals surface area contributed by atoms with Gasteiger partial charge in [0.15, 0.2) is 0 Å². The van der Waals surface area contributed by atoms with Crippen molar-refractivity contribution < 1.29 is 5.11 Å². The normalized spacial score (nSPS) is 34.3. The standard InChI is InChI=1S/C17H25NO/c1-11-7-12(2)16(13(3)8-11)17(19)9-14-5-4-6-15(10-17)18-14/h7-8,14-15,18-19H,4-6,9-10H2,1-3H3. The number of aliphatic hydroxyl groups is 1. The topological polar surface area (TPSA) is 32.3 Å². The minimum Gasteiger partial charge on any atom is -0.385 e. The SMILES string of the molecule is Cc1cc(C)c(C2(O)CC3CCCC(C2)N3)c(C)c1. The van der Waals surface area contributed by atoms with E-state index in [2.05, 4.69) is 38.2 Å². The van der Waals surface area contributed by atoms with Gasteiger partial charge in [0.25, 0.3) is 0 Å². The molecule has 0 saturated carbocycles. The maximum atomic E-state index is 11.3. The lowest BCUT2D eigenvalue weighted by Gasteiger charge is -2.46. The molecule has 1 aromatic carbocycles. The van der Waals surface area contributed by atoms with Crippen LogP contribution >= 0.6 is 0 Å². The van der Waals surface area contributed by atoms with Crippen molar-refractivity contribution in [1.29, 1.82) is 0 Å². The van der Waals surface area contributed by atoms with E-state index in [1.54, 1.807) is 0 Å². The molecule has 2 heteroatoms. The van der Waals surface area contributed by atoms with E-state index in [9.17, 15) is 5.11 Å². The molecule has 2 unspecified atom stereocenters. The van der Waals surface area contributed by atoms with Gasteiger partial charge in [0.05, 0.1) is 5.60 Å². The highest BCUT2D eigenvalue weighted by Crippen LogP contribution is 2.42. The quantitative estimate of drug-likeness (QED) is 0.812. The summed E-state index contributed by atoms with van der Waals surface area (Å²) in [4.78, 5) is 0. The van der Waals surface area contributed by atoms with Gasteiger partial charge in [0.2, 0.25) is 0 Å². The molecule has 3 rings (SSSR count). The number of hydrogen-bond donors (Lipinski definition) is 2. The van der Waals surface area contributed by atoms with Crippen LogP contribution in [0, 0.1) is 20.8 Å². The van der Waals surface area contributed by atoms with Crippen molar-refractivity contribution in [3.8, 4) is 0 Å². The van der Waals surface area contributed by atoms with E-state index in [1.165, 1.54) is 41.5 Å². The van der Waals surface area contributed by atoms with Gasteiger partial charge in [0.1, 0.15) is 0 Å². The zero-order chi connectivity index (χ0) is 13.6. The van der Waals surface area contributed by atoms with E-state index in [4.69, 9.17) is 0 Å². The molecular formula is C17H25NO. The molecule has 2 bridgehead atoms. The zero-order valence-corrected chi connectivity index (χ0v) is 12.3. The number of fused-ring (bicyclic) bond motifs is 2. The Morgan fingerprint density at radius 2 is 1.58 bits per heavy atom. The van der Waals surface area contributed by atoms with Crippen molar-refractivity contribution in [3.05, 3.63) is 34.4 Å². The molecule has 2 saturated heterocycles. The second kappa shape index (κ2) is 4.60. The molecule has 0 radical (unpaired) electrons. The maximum Gasteiger partial charge on any atom is 0.0931 e. The lowest BCUT2D eigenvalue weighted by atomic mass is 9.71. The van der Waals surface area contributed by atoms with Crippen LogP contribution in [0.2, 0.25) is 0 Å². The Balaban J connectivity index is 2.01. The van der Waals surface area contributed by atoms with E-state index < -0.39 is 5.60 Å². The molecule has 2 aliphatic heterocycles. The van der Waals surface area contributed by atoms with E-state index >= 15 is 0 Å². The van der Waals surface area contributed by atoms with E-state index in [-0.39, 0.29) is 0 Å². The molecule has 0 spiro atoms. The van der Waals surface area contributed by atoms with Gasteiger partial charge >= 0.3 is 0 Å². The summed E-state index contributed by atoms with van der Waals surface area (Å²) in [6.45, 7) is 6.42. The lowest BCUT2D eigenvalue weighted by molar-refractivity contribution is -0.0367. The molecule has 0 aromatic heterocycles. The van der Waals surface area contributed by atoms with Crippen LogP contribution in [0.25, 0.3) is 0 Å². The van der Waals surface area contributed by atoms with Gasteiger partial charge in [-0.3, -0.25) is 0 Å². The summed E-state index contributed by atoms with van der Waals surface area (Å²) in [5.41, 5.74) is 4.36. The van der Waals surface area contributed by atoms with Crippen molar-refractivity contribution in [3.63, 3.8) is 0 Å². The Bertz CT molecular complexity index is 459. The Morgan fingerprint density at radius 1 is 1.05 bits per heavy atom. The van der Waals surface area contributed by atoms with Gasteiger partial charge in [-0.25, -0.2) is 0 Å². The predicted octanol–water partition coefficient (Wildman–Crippen LogP) is 3.10. The van der Waals surface area contributed by atoms with Gasteiger partial charge in [-0.05, 0) is 63.1 Å². The second-order valence-corrected chi connectivity index (χ2v) is 6.70. The lowest BCUT2D eigenvalue weighted by Crippen LogP contribution is -2.54. The maximum absolute atomic E-state index is 11.3. The van der Waals surface area contributed by atoms with Gasteiger partial charge < -0.3 is 10.4 Å². The second-order valence-electron chi connectivity index (χ2n) is 6.70.